The number of ether oxygens (including phenoxy) is 2. The predicted octanol–water partition coefficient (Wildman–Crippen LogP) is 2.84. The number of nitrogens with zero attached hydrogens (tertiary/aromatic N) is 1. The van der Waals surface area contributed by atoms with E-state index in [9.17, 15) is 28.8 Å². The minimum atomic E-state index is -1.37. The second-order valence-electron chi connectivity index (χ2n) is 12.1. The molecule has 4 N–H and O–H groups in total. The maximum atomic E-state index is 13.2. The summed E-state index contributed by atoms with van der Waals surface area (Å²) in [5.41, 5.74) is -1.94. The van der Waals surface area contributed by atoms with E-state index >= 15 is 0 Å². The largest absolute Gasteiger partial charge is 0.456 e. The zero-order chi connectivity index (χ0) is 33.2. The number of thiazole rings is 1. The molecule has 0 aliphatic carbocycles. The summed E-state index contributed by atoms with van der Waals surface area (Å²) in [6, 6.07) is -1.81. The molecule has 3 atom stereocenters. The Labute approximate surface area is 266 Å². The molecule has 0 fully saturated rings. The summed E-state index contributed by atoms with van der Waals surface area (Å²) in [6.45, 7) is 13.3. The third-order valence-electron chi connectivity index (χ3n) is 6.04. The van der Waals surface area contributed by atoms with Gasteiger partial charge in [0, 0.05) is 11.1 Å². The van der Waals surface area contributed by atoms with Crippen LogP contribution in [0.25, 0.3) is 0 Å². The Morgan fingerprint density at radius 2 is 1.91 bits per heavy atom. The molecular formula is C29H43N5O8S2. The van der Waals surface area contributed by atoms with Crippen LogP contribution in [0.15, 0.2) is 17.5 Å². The number of rotatable bonds is 7. The van der Waals surface area contributed by atoms with Gasteiger partial charge in [0.05, 0.1) is 19.0 Å². The van der Waals surface area contributed by atoms with Crippen molar-refractivity contribution in [3.05, 3.63) is 28.2 Å². The van der Waals surface area contributed by atoms with Crippen LogP contribution in [0.5, 0.6) is 0 Å². The van der Waals surface area contributed by atoms with Crippen molar-refractivity contribution in [1.29, 1.82) is 0 Å². The van der Waals surface area contributed by atoms with Crippen LogP contribution in [0, 0.1) is 5.92 Å². The summed E-state index contributed by atoms with van der Waals surface area (Å²) < 4.78 is 10.8. The van der Waals surface area contributed by atoms with Crippen molar-refractivity contribution in [3.63, 3.8) is 0 Å². The maximum Gasteiger partial charge on any atom is 0.408 e. The molecule has 44 heavy (non-hydrogen) atoms. The van der Waals surface area contributed by atoms with E-state index in [1.807, 2.05) is 0 Å². The number of allylic oxidation sites excluding steroid dienone is 1. The van der Waals surface area contributed by atoms with E-state index < -0.39 is 59.1 Å². The number of carbonyl (C=O) groups excluding carboxylic acids is 6. The number of amides is 4. The molecule has 1 aromatic heterocycles. The molecule has 1 aliphatic rings. The van der Waals surface area contributed by atoms with Crippen molar-refractivity contribution in [2.24, 2.45) is 5.92 Å². The SMILES string of the molecule is CC(C)[C@@H]1NC(=O)C(C)(C)NC(=O)c2csc(n2)CNC(=O)C[C@@H](/C=C/CCSC(=O)[C@H](C)NC(=O)OC(C)(C)C)OC1=O. The molecule has 0 aromatic carbocycles. The summed E-state index contributed by atoms with van der Waals surface area (Å²) in [4.78, 5) is 80.4. The minimum absolute atomic E-state index is 0.0634. The number of hydrogen-bond acceptors (Lipinski definition) is 11. The van der Waals surface area contributed by atoms with Gasteiger partial charge < -0.3 is 30.7 Å². The molecule has 0 saturated carbocycles. The average molecular weight is 654 g/mol. The van der Waals surface area contributed by atoms with Crippen LogP contribution in [-0.4, -0.2) is 75.0 Å². The van der Waals surface area contributed by atoms with Crippen molar-refractivity contribution in [2.75, 3.05) is 5.75 Å². The normalized spacial score (nSPS) is 20.8. The van der Waals surface area contributed by atoms with Gasteiger partial charge in [-0.15, -0.1) is 11.3 Å². The van der Waals surface area contributed by atoms with Gasteiger partial charge in [0.15, 0.2) is 0 Å². The lowest BCUT2D eigenvalue weighted by molar-refractivity contribution is -0.153. The highest BCUT2D eigenvalue weighted by Crippen LogP contribution is 2.16. The van der Waals surface area contributed by atoms with Crippen molar-refractivity contribution < 1.29 is 38.2 Å². The van der Waals surface area contributed by atoms with Crippen molar-refractivity contribution in [1.82, 2.24) is 26.3 Å². The highest BCUT2D eigenvalue weighted by molar-refractivity contribution is 8.13. The number of nitrogens with one attached hydrogen (secondary N) is 4. The van der Waals surface area contributed by atoms with Gasteiger partial charge >= 0.3 is 12.1 Å². The molecule has 15 heteroatoms. The second-order valence-corrected chi connectivity index (χ2v) is 14.2. The van der Waals surface area contributed by atoms with Crippen LogP contribution in [0.2, 0.25) is 0 Å². The second kappa shape index (κ2) is 16.0. The lowest BCUT2D eigenvalue weighted by Crippen LogP contribution is -2.59. The Bertz CT molecular complexity index is 1250. The number of aromatic nitrogens is 1. The molecule has 0 saturated heterocycles. The van der Waals surface area contributed by atoms with E-state index in [1.54, 1.807) is 53.7 Å². The van der Waals surface area contributed by atoms with Crippen molar-refractivity contribution in [2.45, 2.75) is 104 Å². The number of alkyl carbamates (subject to hydrolysis) is 1. The van der Waals surface area contributed by atoms with Crippen LogP contribution in [-0.2, 0) is 35.2 Å². The van der Waals surface area contributed by atoms with Crippen molar-refractivity contribution in [3.8, 4) is 0 Å². The molecular weight excluding hydrogens is 610 g/mol. The fraction of sp³-hybridized carbons (Fsp3) is 0.621. The van der Waals surface area contributed by atoms with Crippen LogP contribution in [0.1, 0.15) is 83.7 Å². The molecule has 0 spiro atoms. The monoisotopic (exact) mass is 653 g/mol. The Morgan fingerprint density at radius 1 is 1.23 bits per heavy atom. The number of cyclic esters (lactones) is 1. The molecule has 0 radical (unpaired) electrons. The first-order valence-electron chi connectivity index (χ1n) is 14.3. The minimum Gasteiger partial charge on any atom is -0.456 e. The van der Waals surface area contributed by atoms with E-state index in [0.29, 0.717) is 17.2 Å². The van der Waals surface area contributed by atoms with Gasteiger partial charge in [-0.1, -0.05) is 31.7 Å². The lowest BCUT2D eigenvalue weighted by Gasteiger charge is -2.29. The standard InChI is InChI=1S/C29H43N5O8S2/c1-16(2)22-24(37)41-18(11-9-10-12-43-25(38)17(3)31-27(40)42-28(4,5)6)13-20(35)30-14-21-32-19(15-44-21)23(36)34-29(7,8)26(39)33-22/h9,11,15-18,22H,10,12-14H2,1-8H3,(H,30,35)(H,31,40)(H,33,39)(H,34,36)/b11-9+/t17-,18+,22-/m0/s1. The van der Waals surface area contributed by atoms with E-state index in [-0.39, 0.29) is 29.7 Å². The molecule has 0 unspecified atom stereocenters. The van der Waals surface area contributed by atoms with Crippen LogP contribution < -0.4 is 21.3 Å². The molecule has 1 aromatic rings. The quantitative estimate of drug-likeness (QED) is 0.194. The van der Waals surface area contributed by atoms with Crippen LogP contribution >= 0.6 is 23.1 Å². The summed E-state index contributed by atoms with van der Waals surface area (Å²) >= 11 is 2.21. The Kier molecular flexibility index (Phi) is 13.4. The van der Waals surface area contributed by atoms with Crippen LogP contribution in [0.3, 0.4) is 0 Å². The summed E-state index contributed by atoms with van der Waals surface area (Å²) in [5.74, 6) is -2.30. The van der Waals surface area contributed by atoms with Crippen LogP contribution in [0.4, 0.5) is 4.79 Å². The maximum absolute atomic E-state index is 13.2. The summed E-state index contributed by atoms with van der Waals surface area (Å²) in [5, 5.41) is 12.3. The number of carbonyl (C=O) groups is 6. The van der Waals surface area contributed by atoms with Gasteiger partial charge in [-0.05, 0) is 60.0 Å². The van der Waals surface area contributed by atoms with Crippen molar-refractivity contribution >= 4 is 58.0 Å². The number of hydrogen-bond donors (Lipinski definition) is 4. The van der Waals surface area contributed by atoms with E-state index in [0.717, 1.165) is 11.8 Å². The topological polar surface area (TPSA) is 182 Å². The first-order valence-corrected chi connectivity index (χ1v) is 16.1. The summed E-state index contributed by atoms with van der Waals surface area (Å²) in [6.07, 6.45) is 1.84. The molecule has 2 rings (SSSR count). The Hall–Kier alpha value is -3.46. The third-order valence-corrected chi connectivity index (χ3v) is 7.97. The van der Waals surface area contributed by atoms with Gasteiger partial charge in [0.2, 0.25) is 16.9 Å². The molecule has 1 aliphatic heterocycles. The number of esters is 1. The number of fused-ring (bicyclic) bond motifs is 2. The Morgan fingerprint density at radius 3 is 2.55 bits per heavy atom. The zero-order valence-corrected chi connectivity index (χ0v) is 28.0. The van der Waals surface area contributed by atoms with E-state index in [1.165, 1.54) is 30.6 Å². The lowest BCUT2D eigenvalue weighted by atomic mass is 9.99. The molecule has 4 amide bonds. The Balaban J connectivity index is 2.12. The predicted molar refractivity (Wildman–Crippen MR) is 167 cm³/mol. The van der Waals surface area contributed by atoms with E-state index in [2.05, 4.69) is 26.3 Å². The van der Waals surface area contributed by atoms with Gasteiger partial charge in [0.1, 0.15) is 34.0 Å². The highest BCUT2D eigenvalue weighted by Gasteiger charge is 2.36. The molecule has 244 valence electrons. The van der Waals surface area contributed by atoms with Gasteiger partial charge in [0.25, 0.3) is 5.91 Å². The molecule has 2 heterocycles. The average Bonchev–Trinajstić information content (AvgIpc) is 3.37. The van der Waals surface area contributed by atoms with Gasteiger partial charge in [-0.3, -0.25) is 19.2 Å². The zero-order valence-electron chi connectivity index (χ0n) is 26.4. The first-order chi connectivity index (χ1) is 20.4. The molecule has 13 nitrogen and oxygen atoms in total. The highest BCUT2D eigenvalue weighted by atomic mass is 32.2. The fourth-order valence-corrected chi connectivity index (χ4v) is 5.14. The summed E-state index contributed by atoms with van der Waals surface area (Å²) in [7, 11) is 0. The van der Waals surface area contributed by atoms with Gasteiger partial charge in [-0.2, -0.15) is 0 Å². The third kappa shape index (κ3) is 12.3. The number of thioether (sulfide) groups is 1. The van der Waals surface area contributed by atoms with E-state index in [4.69, 9.17) is 9.47 Å². The van der Waals surface area contributed by atoms with Gasteiger partial charge in [-0.25, -0.2) is 14.6 Å². The fourth-order valence-electron chi connectivity index (χ4n) is 3.66. The molecule has 2 bridgehead atoms. The first kappa shape index (κ1) is 36.7. The smallest absolute Gasteiger partial charge is 0.408 e.